The maximum atomic E-state index is 4.45. The van der Waals surface area contributed by atoms with Crippen LogP contribution in [0, 0.1) is 25.2 Å². The van der Waals surface area contributed by atoms with Gasteiger partial charge in [-0.25, -0.2) is 4.98 Å². The third-order valence-electron chi connectivity index (χ3n) is 3.33. The molecule has 0 saturated heterocycles. The van der Waals surface area contributed by atoms with Gasteiger partial charge in [-0.15, -0.1) is 11.3 Å². The number of nitrogens with zero attached hydrogens (tertiary/aromatic N) is 2. The van der Waals surface area contributed by atoms with Gasteiger partial charge in [0.05, 0.1) is 17.2 Å². The van der Waals surface area contributed by atoms with Crippen molar-refractivity contribution < 1.29 is 0 Å². The molecule has 0 radical (unpaired) electrons. The summed E-state index contributed by atoms with van der Waals surface area (Å²) >= 11 is 1.74. The van der Waals surface area contributed by atoms with Crippen LogP contribution < -0.4 is 10.6 Å². The molecule has 2 N–H and O–H groups in total. The van der Waals surface area contributed by atoms with E-state index in [1.165, 1.54) is 11.3 Å². The first kappa shape index (κ1) is 18.0. The molecular weight excluding hydrogens is 280 g/mol. The van der Waals surface area contributed by atoms with Crippen LogP contribution in [-0.2, 0) is 6.54 Å². The topological polar surface area (TPSA) is 49.3 Å². The van der Waals surface area contributed by atoms with E-state index in [1.807, 2.05) is 14.0 Å². The van der Waals surface area contributed by atoms with Crippen molar-refractivity contribution in [3.8, 4) is 0 Å². The predicted molar refractivity (Wildman–Crippen MR) is 93.0 cm³/mol. The van der Waals surface area contributed by atoms with E-state index in [1.54, 1.807) is 11.3 Å². The number of hydrogen-bond donors (Lipinski definition) is 2. The number of guanidine groups is 1. The molecule has 0 saturated carbocycles. The van der Waals surface area contributed by atoms with Gasteiger partial charge >= 0.3 is 0 Å². The second kappa shape index (κ2) is 7.78. The molecular formula is C16H30N4S. The molecule has 0 aliphatic rings. The zero-order chi connectivity index (χ0) is 16.0. The zero-order valence-electron chi connectivity index (χ0n) is 14.5. The molecule has 0 amide bonds. The van der Waals surface area contributed by atoms with Crippen LogP contribution in [0.25, 0.3) is 0 Å². The Kier molecular flexibility index (Phi) is 6.65. The predicted octanol–water partition coefficient (Wildman–Crippen LogP) is 3.50. The summed E-state index contributed by atoms with van der Waals surface area (Å²) in [4.78, 5) is 10.0. The van der Waals surface area contributed by atoms with Crippen molar-refractivity contribution in [2.24, 2.45) is 16.3 Å². The Bertz CT molecular complexity index is 475. The Balaban J connectivity index is 2.48. The molecule has 1 heterocycles. The molecule has 1 rings (SSSR count). The van der Waals surface area contributed by atoms with E-state index in [0.717, 1.165) is 29.8 Å². The fraction of sp³-hybridized carbons (Fsp3) is 0.750. The Morgan fingerprint density at radius 1 is 1.29 bits per heavy atom. The summed E-state index contributed by atoms with van der Waals surface area (Å²) in [5.74, 6) is 1.57. The average Bonchev–Trinajstić information content (AvgIpc) is 2.66. The van der Waals surface area contributed by atoms with Gasteiger partial charge in [0.2, 0.25) is 0 Å². The van der Waals surface area contributed by atoms with Crippen LogP contribution in [0.15, 0.2) is 4.99 Å². The molecule has 1 aromatic rings. The maximum absolute atomic E-state index is 4.45. The standard InChI is InChI=1S/C16H30N4S/c1-11(2)8-16(5,6)10-19-15(17-7)18-9-14-12(3)20-13(4)21-14/h11H,8-10H2,1-7H3,(H2,17,18,19). The second-order valence-corrected chi connectivity index (χ2v) is 8.07. The quantitative estimate of drug-likeness (QED) is 0.624. The van der Waals surface area contributed by atoms with Crippen molar-refractivity contribution in [2.75, 3.05) is 13.6 Å². The minimum absolute atomic E-state index is 0.267. The van der Waals surface area contributed by atoms with E-state index in [4.69, 9.17) is 0 Å². The number of aliphatic imine (C=N–C) groups is 1. The van der Waals surface area contributed by atoms with Gasteiger partial charge in [-0.3, -0.25) is 4.99 Å². The molecule has 4 nitrogen and oxygen atoms in total. The Morgan fingerprint density at radius 3 is 2.43 bits per heavy atom. The van der Waals surface area contributed by atoms with Crippen LogP contribution in [0.5, 0.6) is 0 Å². The fourth-order valence-electron chi connectivity index (χ4n) is 2.62. The van der Waals surface area contributed by atoms with Crippen molar-refractivity contribution in [3.63, 3.8) is 0 Å². The van der Waals surface area contributed by atoms with Gasteiger partial charge in [0.1, 0.15) is 0 Å². The van der Waals surface area contributed by atoms with Crippen LogP contribution >= 0.6 is 11.3 Å². The average molecular weight is 311 g/mol. The molecule has 0 atom stereocenters. The van der Waals surface area contributed by atoms with Crippen LogP contribution in [0.1, 0.15) is 49.7 Å². The molecule has 21 heavy (non-hydrogen) atoms. The van der Waals surface area contributed by atoms with Gasteiger partial charge in [-0.2, -0.15) is 0 Å². The maximum Gasteiger partial charge on any atom is 0.191 e. The number of rotatable bonds is 6. The van der Waals surface area contributed by atoms with Crippen molar-refractivity contribution in [1.82, 2.24) is 15.6 Å². The molecule has 5 heteroatoms. The van der Waals surface area contributed by atoms with E-state index in [-0.39, 0.29) is 5.41 Å². The zero-order valence-corrected chi connectivity index (χ0v) is 15.3. The van der Waals surface area contributed by atoms with Gasteiger partial charge in [0.15, 0.2) is 5.96 Å². The molecule has 0 aromatic carbocycles. The first-order valence-corrected chi connectivity index (χ1v) is 8.42. The first-order valence-electron chi connectivity index (χ1n) is 7.61. The van der Waals surface area contributed by atoms with Crippen LogP contribution in [0.4, 0.5) is 0 Å². The summed E-state index contributed by atoms with van der Waals surface area (Å²) in [5.41, 5.74) is 1.38. The van der Waals surface area contributed by atoms with Gasteiger partial charge in [-0.1, -0.05) is 27.7 Å². The summed E-state index contributed by atoms with van der Waals surface area (Å²) in [7, 11) is 1.82. The molecule has 0 unspecified atom stereocenters. The highest BCUT2D eigenvalue weighted by molar-refractivity contribution is 7.11. The number of thiazole rings is 1. The monoisotopic (exact) mass is 310 g/mol. The third kappa shape index (κ3) is 6.46. The summed E-state index contributed by atoms with van der Waals surface area (Å²) < 4.78 is 0. The minimum Gasteiger partial charge on any atom is -0.356 e. The van der Waals surface area contributed by atoms with Gasteiger partial charge in [0.25, 0.3) is 0 Å². The Labute approximate surface area is 133 Å². The molecule has 0 fully saturated rings. The van der Waals surface area contributed by atoms with Crippen molar-refractivity contribution in [3.05, 3.63) is 15.6 Å². The summed E-state index contributed by atoms with van der Waals surface area (Å²) in [6.45, 7) is 14.9. The van der Waals surface area contributed by atoms with Crippen molar-refractivity contribution in [2.45, 2.75) is 54.5 Å². The van der Waals surface area contributed by atoms with Crippen molar-refractivity contribution in [1.29, 1.82) is 0 Å². The third-order valence-corrected chi connectivity index (χ3v) is 4.41. The lowest BCUT2D eigenvalue weighted by molar-refractivity contribution is 0.286. The molecule has 0 aliphatic heterocycles. The van der Waals surface area contributed by atoms with E-state index in [0.29, 0.717) is 5.92 Å². The molecule has 0 spiro atoms. The van der Waals surface area contributed by atoms with Crippen LogP contribution in [-0.4, -0.2) is 24.5 Å². The lowest BCUT2D eigenvalue weighted by Crippen LogP contribution is -2.42. The van der Waals surface area contributed by atoms with Crippen LogP contribution in [0.2, 0.25) is 0 Å². The van der Waals surface area contributed by atoms with E-state index < -0.39 is 0 Å². The molecule has 0 aliphatic carbocycles. The fourth-order valence-corrected chi connectivity index (χ4v) is 3.50. The van der Waals surface area contributed by atoms with Crippen molar-refractivity contribution >= 4 is 17.3 Å². The Hall–Kier alpha value is -1.10. The largest absolute Gasteiger partial charge is 0.356 e. The first-order chi connectivity index (χ1) is 9.73. The number of hydrogen-bond acceptors (Lipinski definition) is 3. The highest BCUT2D eigenvalue weighted by Gasteiger charge is 2.19. The Morgan fingerprint density at radius 2 is 1.95 bits per heavy atom. The smallest absolute Gasteiger partial charge is 0.191 e. The SMILES string of the molecule is CN=C(NCc1sc(C)nc1C)NCC(C)(C)CC(C)C. The summed E-state index contributed by atoms with van der Waals surface area (Å²) in [5, 5.41) is 7.93. The van der Waals surface area contributed by atoms with E-state index in [9.17, 15) is 0 Å². The number of aromatic nitrogens is 1. The molecule has 1 aromatic heterocycles. The molecule has 120 valence electrons. The van der Waals surface area contributed by atoms with E-state index in [2.05, 4.69) is 55.2 Å². The molecule has 0 bridgehead atoms. The minimum atomic E-state index is 0.267. The number of aryl methyl sites for hydroxylation is 2. The number of nitrogens with one attached hydrogen (secondary N) is 2. The summed E-state index contributed by atoms with van der Waals surface area (Å²) in [6, 6.07) is 0. The van der Waals surface area contributed by atoms with Crippen LogP contribution in [0.3, 0.4) is 0 Å². The lowest BCUT2D eigenvalue weighted by Gasteiger charge is -2.27. The second-order valence-electron chi connectivity index (χ2n) is 6.78. The highest BCUT2D eigenvalue weighted by Crippen LogP contribution is 2.24. The lowest BCUT2D eigenvalue weighted by atomic mass is 9.84. The van der Waals surface area contributed by atoms with Gasteiger partial charge < -0.3 is 10.6 Å². The van der Waals surface area contributed by atoms with Gasteiger partial charge in [-0.05, 0) is 31.6 Å². The van der Waals surface area contributed by atoms with E-state index >= 15 is 0 Å². The van der Waals surface area contributed by atoms with Gasteiger partial charge in [0, 0.05) is 18.5 Å². The normalized spacial score (nSPS) is 12.9. The highest BCUT2D eigenvalue weighted by atomic mass is 32.1. The summed E-state index contributed by atoms with van der Waals surface area (Å²) in [6.07, 6.45) is 1.20.